The van der Waals surface area contributed by atoms with Crippen LogP contribution in [-0.2, 0) is 0 Å². The topological polar surface area (TPSA) is 70.0 Å². The molecule has 1 aliphatic rings. The number of amides is 1. The van der Waals surface area contributed by atoms with Gasteiger partial charge in [-0.1, -0.05) is 0 Å². The molecule has 1 heterocycles. The summed E-state index contributed by atoms with van der Waals surface area (Å²) in [5.41, 5.74) is 0.217. The van der Waals surface area contributed by atoms with Gasteiger partial charge in [-0.25, -0.2) is 0 Å². The third-order valence-corrected chi connectivity index (χ3v) is 3.28. The van der Waals surface area contributed by atoms with Crippen LogP contribution < -0.4 is 4.74 Å². The molecule has 1 aliphatic heterocycles. The number of phenolic OH excluding ortho intramolecular Hbond substituents is 1. The first-order valence-corrected chi connectivity index (χ1v) is 5.96. The van der Waals surface area contributed by atoms with E-state index in [1.54, 1.807) is 11.0 Å². The second-order valence-electron chi connectivity index (χ2n) is 4.36. The summed E-state index contributed by atoms with van der Waals surface area (Å²) < 4.78 is 5.04. The number of hydrogen-bond acceptors (Lipinski definition) is 4. The number of ether oxygens (including phenoxy) is 1. The van der Waals surface area contributed by atoms with Crippen LogP contribution in [0.2, 0.25) is 0 Å². The van der Waals surface area contributed by atoms with Gasteiger partial charge in [-0.2, -0.15) is 0 Å². The second-order valence-corrected chi connectivity index (χ2v) is 4.36. The van der Waals surface area contributed by atoms with E-state index in [1.807, 2.05) is 0 Å². The molecule has 5 heteroatoms. The maximum Gasteiger partial charge on any atom is 0.258 e. The number of rotatable bonds is 3. The number of aliphatic hydroxyl groups is 1. The van der Waals surface area contributed by atoms with Crippen LogP contribution in [0.3, 0.4) is 0 Å². The summed E-state index contributed by atoms with van der Waals surface area (Å²) in [7, 11) is 1.51. The minimum absolute atomic E-state index is 0.0452. The van der Waals surface area contributed by atoms with Gasteiger partial charge >= 0.3 is 0 Å². The van der Waals surface area contributed by atoms with Crippen LogP contribution in [0, 0.1) is 0 Å². The van der Waals surface area contributed by atoms with E-state index in [0.29, 0.717) is 12.3 Å². The minimum Gasteiger partial charge on any atom is -0.507 e. The molecule has 0 aliphatic carbocycles. The molecular weight excluding hydrogens is 234 g/mol. The van der Waals surface area contributed by atoms with Gasteiger partial charge in [0.2, 0.25) is 0 Å². The Hall–Kier alpha value is -1.75. The number of likely N-dealkylation sites (tertiary alicyclic amines) is 1. The van der Waals surface area contributed by atoms with Crippen molar-refractivity contribution in [3.05, 3.63) is 23.8 Å². The van der Waals surface area contributed by atoms with Crippen LogP contribution in [-0.4, -0.2) is 47.3 Å². The lowest BCUT2D eigenvalue weighted by Crippen LogP contribution is -2.37. The molecule has 0 spiro atoms. The maximum atomic E-state index is 12.3. The molecule has 1 atom stereocenters. The fourth-order valence-corrected chi connectivity index (χ4v) is 2.26. The fraction of sp³-hybridized carbons (Fsp3) is 0.462. The maximum absolute atomic E-state index is 12.3. The lowest BCUT2D eigenvalue weighted by atomic mass is 10.1. The van der Waals surface area contributed by atoms with Crippen LogP contribution in [0.15, 0.2) is 18.2 Å². The monoisotopic (exact) mass is 251 g/mol. The number of benzene rings is 1. The van der Waals surface area contributed by atoms with E-state index < -0.39 is 0 Å². The molecule has 0 aromatic heterocycles. The largest absolute Gasteiger partial charge is 0.507 e. The lowest BCUT2D eigenvalue weighted by Gasteiger charge is -2.23. The number of nitrogens with zero attached hydrogens (tertiary/aromatic N) is 1. The first-order chi connectivity index (χ1) is 8.67. The van der Waals surface area contributed by atoms with Crippen molar-refractivity contribution in [1.29, 1.82) is 0 Å². The summed E-state index contributed by atoms with van der Waals surface area (Å²) in [5, 5.41) is 19.0. The Balaban J connectivity index is 2.27. The van der Waals surface area contributed by atoms with E-state index in [-0.39, 0.29) is 29.9 Å². The van der Waals surface area contributed by atoms with E-state index in [9.17, 15) is 15.0 Å². The van der Waals surface area contributed by atoms with Crippen molar-refractivity contribution in [3.8, 4) is 11.5 Å². The number of phenols is 1. The Kier molecular flexibility index (Phi) is 3.72. The summed E-state index contributed by atoms with van der Waals surface area (Å²) in [5.74, 6) is 0.197. The van der Waals surface area contributed by atoms with Gasteiger partial charge in [0.05, 0.1) is 25.3 Å². The van der Waals surface area contributed by atoms with Crippen LogP contribution in [0.1, 0.15) is 23.2 Å². The first kappa shape index (κ1) is 12.7. The van der Waals surface area contributed by atoms with Gasteiger partial charge in [0.1, 0.15) is 11.5 Å². The van der Waals surface area contributed by atoms with Gasteiger partial charge in [-0.05, 0) is 31.0 Å². The van der Waals surface area contributed by atoms with E-state index in [1.165, 1.54) is 19.2 Å². The van der Waals surface area contributed by atoms with Crippen molar-refractivity contribution in [2.75, 3.05) is 20.3 Å². The molecule has 1 saturated heterocycles. The molecule has 18 heavy (non-hydrogen) atoms. The number of aromatic hydroxyl groups is 1. The lowest BCUT2D eigenvalue weighted by molar-refractivity contribution is 0.0674. The summed E-state index contributed by atoms with van der Waals surface area (Å²) in [6, 6.07) is 4.41. The molecule has 5 nitrogen and oxygen atoms in total. The van der Waals surface area contributed by atoms with Crippen molar-refractivity contribution in [3.63, 3.8) is 0 Å². The molecule has 2 rings (SSSR count). The van der Waals surface area contributed by atoms with E-state index >= 15 is 0 Å². The number of hydrogen-bond donors (Lipinski definition) is 2. The van der Waals surface area contributed by atoms with Crippen LogP contribution in [0.25, 0.3) is 0 Å². The average molecular weight is 251 g/mol. The number of aliphatic hydroxyl groups excluding tert-OH is 1. The van der Waals surface area contributed by atoms with Gasteiger partial charge in [0, 0.05) is 6.54 Å². The number of carbonyl (C=O) groups excluding carboxylic acids is 1. The Morgan fingerprint density at radius 3 is 3.00 bits per heavy atom. The minimum atomic E-state index is -0.261. The highest BCUT2D eigenvalue weighted by molar-refractivity contribution is 5.97. The van der Waals surface area contributed by atoms with E-state index in [0.717, 1.165) is 12.8 Å². The molecule has 0 bridgehead atoms. The standard InChI is InChI=1S/C13H17NO4/c1-18-10-4-5-12(16)11(7-10)13(17)14-6-2-3-9(14)8-15/h4-5,7,9,15-16H,2-3,6,8H2,1H3/t9-/m1/s1. The van der Waals surface area contributed by atoms with Gasteiger partial charge < -0.3 is 19.8 Å². The van der Waals surface area contributed by atoms with Gasteiger partial charge in [-0.15, -0.1) is 0 Å². The fourth-order valence-electron chi connectivity index (χ4n) is 2.26. The summed E-state index contributed by atoms with van der Waals surface area (Å²) >= 11 is 0. The third-order valence-electron chi connectivity index (χ3n) is 3.28. The quantitative estimate of drug-likeness (QED) is 0.840. The highest BCUT2D eigenvalue weighted by atomic mass is 16.5. The Morgan fingerprint density at radius 2 is 2.33 bits per heavy atom. The van der Waals surface area contributed by atoms with Crippen molar-refractivity contribution < 1.29 is 19.7 Å². The van der Waals surface area contributed by atoms with E-state index in [2.05, 4.69) is 0 Å². The summed E-state index contributed by atoms with van der Waals surface area (Å²) in [4.78, 5) is 13.9. The smallest absolute Gasteiger partial charge is 0.258 e. The predicted octanol–water partition coefficient (Wildman–Crippen LogP) is 0.998. The molecule has 1 aromatic carbocycles. The van der Waals surface area contributed by atoms with Crippen LogP contribution in [0.5, 0.6) is 11.5 Å². The van der Waals surface area contributed by atoms with Crippen molar-refractivity contribution in [1.82, 2.24) is 4.90 Å². The SMILES string of the molecule is COc1ccc(O)c(C(=O)N2CCC[C@@H]2CO)c1. The summed E-state index contributed by atoms with van der Waals surface area (Å²) in [6.07, 6.45) is 1.68. The normalized spacial score (nSPS) is 19.0. The number of methoxy groups -OCH3 is 1. The molecule has 1 aromatic rings. The first-order valence-electron chi connectivity index (χ1n) is 5.96. The molecule has 98 valence electrons. The van der Waals surface area contributed by atoms with Crippen molar-refractivity contribution in [2.24, 2.45) is 0 Å². The van der Waals surface area contributed by atoms with Gasteiger partial charge in [0.25, 0.3) is 5.91 Å². The molecule has 1 fully saturated rings. The van der Waals surface area contributed by atoms with Crippen LogP contribution in [0.4, 0.5) is 0 Å². The molecule has 0 radical (unpaired) electrons. The summed E-state index contributed by atoms with van der Waals surface area (Å²) in [6.45, 7) is 0.567. The molecule has 2 N–H and O–H groups in total. The molecule has 0 unspecified atom stereocenters. The zero-order chi connectivity index (χ0) is 13.1. The highest BCUT2D eigenvalue weighted by Gasteiger charge is 2.30. The predicted molar refractivity (Wildman–Crippen MR) is 65.8 cm³/mol. The average Bonchev–Trinajstić information content (AvgIpc) is 2.86. The zero-order valence-corrected chi connectivity index (χ0v) is 10.3. The highest BCUT2D eigenvalue weighted by Crippen LogP contribution is 2.27. The van der Waals surface area contributed by atoms with Gasteiger partial charge in [-0.3, -0.25) is 4.79 Å². The molecule has 1 amide bonds. The van der Waals surface area contributed by atoms with Crippen molar-refractivity contribution >= 4 is 5.91 Å². The molecular formula is C13H17NO4. The Bertz CT molecular complexity index is 447. The van der Waals surface area contributed by atoms with E-state index in [4.69, 9.17) is 4.74 Å². The van der Waals surface area contributed by atoms with Gasteiger partial charge in [0.15, 0.2) is 0 Å². The second kappa shape index (κ2) is 5.27. The Morgan fingerprint density at radius 1 is 1.56 bits per heavy atom. The Labute approximate surface area is 106 Å². The molecule has 0 saturated carbocycles. The zero-order valence-electron chi connectivity index (χ0n) is 10.3. The van der Waals surface area contributed by atoms with Crippen LogP contribution >= 0.6 is 0 Å². The third kappa shape index (κ3) is 2.26. The van der Waals surface area contributed by atoms with Crippen molar-refractivity contribution in [2.45, 2.75) is 18.9 Å². The number of carbonyl (C=O) groups is 1.